The average Bonchev–Trinajstić information content (AvgIpc) is 2.61. The first kappa shape index (κ1) is 20.4. The van der Waals surface area contributed by atoms with Crippen molar-refractivity contribution in [1.82, 2.24) is 10.2 Å². The largest absolute Gasteiger partial charge is 0.336 e. The van der Waals surface area contributed by atoms with Crippen molar-refractivity contribution in [3.05, 3.63) is 65.2 Å². The Morgan fingerprint density at radius 1 is 1.04 bits per heavy atom. The summed E-state index contributed by atoms with van der Waals surface area (Å²) in [6, 6.07) is 8.51. The third kappa shape index (κ3) is 5.26. The van der Waals surface area contributed by atoms with Crippen LogP contribution in [-0.4, -0.2) is 29.9 Å². The third-order valence-electron chi connectivity index (χ3n) is 4.10. The lowest BCUT2D eigenvalue weighted by molar-refractivity contribution is 0.0740. The summed E-state index contributed by atoms with van der Waals surface area (Å²) in [5, 5.41) is 5.35. The van der Waals surface area contributed by atoms with E-state index in [4.69, 9.17) is 0 Å². The van der Waals surface area contributed by atoms with Crippen molar-refractivity contribution in [2.45, 2.75) is 32.9 Å². The van der Waals surface area contributed by atoms with Crippen molar-refractivity contribution >= 4 is 17.6 Å². The molecular formula is C20H23F2N3O2. The molecule has 0 fully saturated rings. The van der Waals surface area contributed by atoms with Gasteiger partial charge < -0.3 is 15.5 Å². The predicted octanol–water partition coefficient (Wildman–Crippen LogP) is 4.33. The van der Waals surface area contributed by atoms with Gasteiger partial charge in [-0.05, 0) is 57.2 Å². The minimum atomic E-state index is -0.672. The lowest BCUT2D eigenvalue weighted by atomic mass is 10.0. The second kappa shape index (κ2) is 8.62. The number of rotatable bonds is 5. The molecule has 2 aromatic carbocycles. The van der Waals surface area contributed by atoms with Crippen LogP contribution in [0.25, 0.3) is 0 Å². The van der Waals surface area contributed by atoms with Gasteiger partial charge in [-0.3, -0.25) is 4.79 Å². The maximum absolute atomic E-state index is 14.0. The maximum atomic E-state index is 14.0. The minimum Gasteiger partial charge on any atom is -0.336 e. The molecule has 0 aliphatic rings. The minimum absolute atomic E-state index is 0.0250. The Morgan fingerprint density at radius 3 is 2.41 bits per heavy atom. The molecular weight excluding hydrogens is 352 g/mol. The van der Waals surface area contributed by atoms with E-state index >= 15 is 0 Å². The van der Waals surface area contributed by atoms with Gasteiger partial charge in [-0.15, -0.1) is 0 Å². The molecule has 0 radical (unpaired) electrons. The van der Waals surface area contributed by atoms with Gasteiger partial charge in [-0.2, -0.15) is 0 Å². The molecule has 0 saturated carbocycles. The van der Waals surface area contributed by atoms with Crippen LogP contribution >= 0.6 is 0 Å². The molecule has 0 heterocycles. The number of carbonyl (C=O) groups excluding carboxylic acids is 2. The summed E-state index contributed by atoms with van der Waals surface area (Å²) >= 11 is 0. The van der Waals surface area contributed by atoms with Gasteiger partial charge in [0.05, 0.1) is 6.04 Å². The lowest BCUT2D eigenvalue weighted by Gasteiger charge is -2.26. The van der Waals surface area contributed by atoms with Crippen LogP contribution in [0.15, 0.2) is 42.5 Å². The zero-order chi connectivity index (χ0) is 20.1. The number of anilines is 1. The Balaban J connectivity index is 2.18. The van der Waals surface area contributed by atoms with E-state index in [2.05, 4.69) is 10.6 Å². The van der Waals surface area contributed by atoms with Crippen molar-refractivity contribution in [2.75, 3.05) is 12.4 Å². The summed E-state index contributed by atoms with van der Waals surface area (Å²) in [7, 11) is 1.52. The normalized spacial score (nSPS) is 11.8. The number of benzene rings is 2. The summed E-state index contributed by atoms with van der Waals surface area (Å²) in [4.78, 5) is 25.9. The Kier molecular flexibility index (Phi) is 6.50. The van der Waals surface area contributed by atoms with Gasteiger partial charge in [0.25, 0.3) is 5.91 Å². The highest BCUT2D eigenvalue weighted by Gasteiger charge is 2.22. The van der Waals surface area contributed by atoms with E-state index < -0.39 is 17.7 Å². The topological polar surface area (TPSA) is 61.4 Å². The molecule has 144 valence electrons. The third-order valence-corrected chi connectivity index (χ3v) is 4.10. The fraction of sp³-hybridized carbons (Fsp3) is 0.300. The summed E-state index contributed by atoms with van der Waals surface area (Å²) in [6.07, 6.45) is 0. The molecule has 1 atom stereocenters. The second-order valence-electron chi connectivity index (χ2n) is 6.59. The zero-order valence-electron chi connectivity index (χ0n) is 15.7. The Bertz CT molecular complexity index is 840. The van der Waals surface area contributed by atoms with E-state index in [1.807, 2.05) is 13.8 Å². The number of nitrogens with zero attached hydrogens (tertiary/aromatic N) is 1. The van der Waals surface area contributed by atoms with E-state index in [1.54, 1.807) is 25.1 Å². The SMILES string of the molecule is CC(C)NC(=O)Nc1cccc(C(=O)N(C)C(C)c2cc(F)ccc2F)c1. The number of hydrogen-bond acceptors (Lipinski definition) is 2. The van der Waals surface area contributed by atoms with Crippen LogP contribution in [-0.2, 0) is 0 Å². The van der Waals surface area contributed by atoms with Gasteiger partial charge in [0.1, 0.15) is 11.6 Å². The van der Waals surface area contributed by atoms with Crippen molar-refractivity contribution in [3.63, 3.8) is 0 Å². The number of halogens is 2. The maximum Gasteiger partial charge on any atom is 0.319 e. The van der Waals surface area contributed by atoms with Crippen LogP contribution in [0.5, 0.6) is 0 Å². The zero-order valence-corrected chi connectivity index (χ0v) is 15.7. The Hall–Kier alpha value is -2.96. The van der Waals surface area contributed by atoms with Crippen LogP contribution in [0.4, 0.5) is 19.3 Å². The van der Waals surface area contributed by atoms with Crippen LogP contribution in [0, 0.1) is 11.6 Å². The van der Waals surface area contributed by atoms with Crippen LogP contribution in [0.1, 0.15) is 42.7 Å². The molecule has 0 spiro atoms. The number of nitrogens with one attached hydrogen (secondary N) is 2. The molecule has 0 saturated heterocycles. The highest BCUT2D eigenvalue weighted by atomic mass is 19.1. The van der Waals surface area contributed by atoms with Crippen LogP contribution in [0.2, 0.25) is 0 Å². The van der Waals surface area contributed by atoms with E-state index in [0.29, 0.717) is 11.3 Å². The van der Waals surface area contributed by atoms with Crippen molar-refractivity contribution in [2.24, 2.45) is 0 Å². The molecule has 3 amide bonds. The molecule has 0 aliphatic heterocycles. The average molecular weight is 375 g/mol. The fourth-order valence-electron chi connectivity index (χ4n) is 2.58. The molecule has 2 rings (SSSR count). The Morgan fingerprint density at radius 2 is 1.74 bits per heavy atom. The summed E-state index contributed by atoms with van der Waals surface area (Å²) < 4.78 is 27.4. The molecule has 2 N–H and O–H groups in total. The monoisotopic (exact) mass is 375 g/mol. The van der Waals surface area contributed by atoms with E-state index in [1.165, 1.54) is 18.0 Å². The molecule has 0 aromatic heterocycles. The first-order valence-electron chi connectivity index (χ1n) is 8.58. The molecule has 2 aromatic rings. The summed E-state index contributed by atoms with van der Waals surface area (Å²) in [6.45, 7) is 5.29. The standard InChI is InChI=1S/C20H23F2N3O2/c1-12(2)23-20(27)24-16-7-5-6-14(10-16)19(26)25(4)13(3)17-11-15(21)8-9-18(17)22/h5-13H,1-4H3,(H2,23,24,27). The van der Waals surface area contributed by atoms with Crippen molar-refractivity contribution in [3.8, 4) is 0 Å². The van der Waals surface area contributed by atoms with Crippen molar-refractivity contribution < 1.29 is 18.4 Å². The Labute approximate surface area is 157 Å². The van der Waals surface area contributed by atoms with Gasteiger partial charge in [0.15, 0.2) is 0 Å². The van der Waals surface area contributed by atoms with Crippen molar-refractivity contribution in [1.29, 1.82) is 0 Å². The number of amides is 3. The number of hydrogen-bond donors (Lipinski definition) is 2. The number of carbonyl (C=O) groups is 2. The van der Waals surface area contributed by atoms with Crippen LogP contribution < -0.4 is 10.6 Å². The molecule has 5 nitrogen and oxygen atoms in total. The lowest BCUT2D eigenvalue weighted by Crippen LogP contribution is -2.34. The molecule has 7 heteroatoms. The van der Waals surface area contributed by atoms with E-state index in [-0.39, 0.29) is 23.5 Å². The fourth-order valence-corrected chi connectivity index (χ4v) is 2.58. The molecule has 0 aliphatic carbocycles. The molecule has 27 heavy (non-hydrogen) atoms. The first-order valence-corrected chi connectivity index (χ1v) is 8.58. The van der Waals surface area contributed by atoms with Gasteiger partial charge in [-0.1, -0.05) is 6.07 Å². The van der Waals surface area contributed by atoms with Crippen LogP contribution in [0.3, 0.4) is 0 Å². The summed E-state index contributed by atoms with van der Waals surface area (Å²) in [5.74, 6) is -1.52. The van der Waals surface area contributed by atoms with Gasteiger partial charge >= 0.3 is 6.03 Å². The second-order valence-corrected chi connectivity index (χ2v) is 6.59. The predicted molar refractivity (Wildman–Crippen MR) is 101 cm³/mol. The highest BCUT2D eigenvalue weighted by Crippen LogP contribution is 2.24. The van der Waals surface area contributed by atoms with E-state index in [9.17, 15) is 18.4 Å². The molecule has 1 unspecified atom stereocenters. The quantitative estimate of drug-likeness (QED) is 0.817. The summed E-state index contributed by atoms with van der Waals surface area (Å²) in [5.41, 5.74) is 0.872. The number of urea groups is 1. The van der Waals surface area contributed by atoms with Gasteiger partial charge in [0.2, 0.25) is 0 Å². The first-order chi connectivity index (χ1) is 12.7. The smallest absolute Gasteiger partial charge is 0.319 e. The molecule has 0 bridgehead atoms. The van der Waals surface area contributed by atoms with Gasteiger partial charge in [0, 0.05) is 29.9 Å². The highest BCUT2D eigenvalue weighted by molar-refractivity contribution is 5.97. The van der Waals surface area contributed by atoms with Gasteiger partial charge in [-0.25, -0.2) is 13.6 Å². The van der Waals surface area contributed by atoms with E-state index in [0.717, 1.165) is 18.2 Å².